The zero-order chi connectivity index (χ0) is 15.2. The molecule has 0 rings (SSSR count). The zero-order valence-electron chi connectivity index (χ0n) is 10.6. The minimum absolute atomic E-state index is 0.185. The molecule has 0 aromatic rings. The van der Waals surface area contributed by atoms with E-state index in [4.69, 9.17) is 11.5 Å². The lowest BCUT2D eigenvalue weighted by atomic mass is 9.97. The van der Waals surface area contributed by atoms with Gasteiger partial charge >= 0.3 is 0 Å². The fraction of sp³-hybridized carbons (Fsp3) is 1.00. The molecule has 0 aliphatic carbocycles. The Morgan fingerprint density at radius 3 is 1.89 bits per heavy atom. The molecule has 0 bridgehead atoms. The summed E-state index contributed by atoms with van der Waals surface area (Å²) in [6.45, 7) is -0.673. The second kappa shape index (κ2) is 8.23. The third-order valence-electron chi connectivity index (χ3n) is 2.83. The minimum Gasteiger partial charge on any atom is -0.326 e. The number of halogens is 3. The summed E-state index contributed by atoms with van der Waals surface area (Å²) >= 11 is 11.4. The van der Waals surface area contributed by atoms with Gasteiger partial charge in [0.05, 0.1) is 0 Å². The van der Waals surface area contributed by atoms with Crippen LogP contribution in [0, 0.1) is 0 Å². The van der Waals surface area contributed by atoms with Crippen molar-refractivity contribution >= 4 is 37.9 Å². The van der Waals surface area contributed by atoms with E-state index < -0.39 is 17.3 Å². The number of rotatable bonds is 10. The Hall–Kier alpha value is 0.720. The van der Waals surface area contributed by atoms with Crippen molar-refractivity contribution in [2.24, 2.45) is 11.5 Å². The molecule has 9 heteroatoms. The van der Waals surface area contributed by atoms with Gasteiger partial charge in [0.25, 0.3) is 0 Å². The number of hydrogen-bond donors (Lipinski definition) is 6. The summed E-state index contributed by atoms with van der Waals surface area (Å²) in [4.78, 5) is 0. The van der Waals surface area contributed by atoms with E-state index in [1.807, 2.05) is 0 Å². The van der Waals surface area contributed by atoms with Crippen molar-refractivity contribution in [3.8, 4) is 0 Å². The van der Waals surface area contributed by atoms with Gasteiger partial charge in [-0.2, -0.15) is 37.9 Å². The Balaban J connectivity index is 4.45. The van der Waals surface area contributed by atoms with Gasteiger partial charge in [0.2, 0.25) is 0 Å². The van der Waals surface area contributed by atoms with Crippen molar-refractivity contribution in [2.45, 2.75) is 30.1 Å². The van der Waals surface area contributed by atoms with Crippen LogP contribution in [0.3, 0.4) is 0 Å². The number of alkyl halides is 3. The molecule has 0 saturated heterocycles. The van der Waals surface area contributed by atoms with Crippen LogP contribution in [0.15, 0.2) is 0 Å². The molecule has 0 unspecified atom stereocenters. The molecule has 0 aliphatic heterocycles. The lowest BCUT2D eigenvalue weighted by Gasteiger charge is -2.31. The van der Waals surface area contributed by atoms with Crippen molar-refractivity contribution in [3.05, 3.63) is 0 Å². The van der Waals surface area contributed by atoms with Crippen LogP contribution < -0.4 is 16.8 Å². The van der Waals surface area contributed by atoms with Gasteiger partial charge in [-0.25, -0.2) is 13.2 Å². The largest absolute Gasteiger partial charge is 0.326 e. The molecule has 0 aromatic carbocycles. The highest BCUT2D eigenvalue weighted by Crippen LogP contribution is 2.25. The highest BCUT2D eigenvalue weighted by atomic mass is 32.1. The number of thiol groups is 3. The summed E-state index contributed by atoms with van der Waals surface area (Å²) in [7, 11) is 0. The molecule has 3 atom stereocenters. The summed E-state index contributed by atoms with van der Waals surface area (Å²) < 4.78 is 41.7. The van der Waals surface area contributed by atoms with Crippen molar-refractivity contribution in [1.82, 2.24) is 5.32 Å². The third-order valence-corrected chi connectivity index (χ3v) is 4.42. The maximum absolute atomic E-state index is 14.4. The molecular weight excluding hydrogens is 315 g/mol. The van der Waals surface area contributed by atoms with Gasteiger partial charge in [0.1, 0.15) is 5.67 Å². The van der Waals surface area contributed by atoms with Gasteiger partial charge in [-0.1, -0.05) is 0 Å². The maximum atomic E-state index is 14.4. The van der Waals surface area contributed by atoms with Crippen molar-refractivity contribution in [3.63, 3.8) is 0 Å². The van der Waals surface area contributed by atoms with Crippen LogP contribution in [0.2, 0.25) is 0 Å². The van der Waals surface area contributed by atoms with E-state index in [1.54, 1.807) is 0 Å². The van der Waals surface area contributed by atoms with E-state index in [0.717, 1.165) is 0 Å². The Kier molecular flexibility index (Phi) is 8.55. The van der Waals surface area contributed by atoms with E-state index in [9.17, 15) is 13.2 Å². The van der Waals surface area contributed by atoms with E-state index in [0.29, 0.717) is 0 Å². The number of nitrogens with two attached hydrogens (primary N) is 2. The second-order valence-electron chi connectivity index (χ2n) is 4.68. The fourth-order valence-electron chi connectivity index (χ4n) is 1.24. The Labute approximate surface area is 128 Å². The number of hydrogen-bond acceptors (Lipinski definition) is 6. The smallest absolute Gasteiger partial charge is 0.182 e. The van der Waals surface area contributed by atoms with E-state index >= 15 is 0 Å². The number of nitrogens with one attached hydrogen (secondary N) is 1. The summed E-state index contributed by atoms with van der Waals surface area (Å²) in [6, 6.07) is 0. The lowest BCUT2D eigenvalue weighted by Crippen LogP contribution is -2.54. The van der Waals surface area contributed by atoms with Crippen LogP contribution in [0.1, 0.15) is 12.8 Å². The quantitative estimate of drug-likeness (QED) is 0.267. The molecule has 0 aliphatic rings. The molecule has 0 amide bonds. The van der Waals surface area contributed by atoms with Crippen LogP contribution in [-0.4, -0.2) is 47.6 Å². The third kappa shape index (κ3) is 7.33. The first-order valence-electron chi connectivity index (χ1n) is 5.79. The molecular formula is C10H22F3N3S3. The summed E-state index contributed by atoms with van der Waals surface area (Å²) in [6.07, 6.45) is -0.414. The molecule has 0 saturated carbocycles. The maximum Gasteiger partial charge on any atom is 0.182 e. The minimum atomic E-state index is -2.05. The highest BCUT2D eigenvalue weighted by Gasteiger charge is 2.36. The van der Waals surface area contributed by atoms with Gasteiger partial charge in [0.15, 0.2) is 11.6 Å². The Bertz CT molecular complexity index is 268. The van der Waals surface area contributed by atoms with Crippen LogP contribution >= 0.6 is 37.9 Å². The van der Waals surface area contributed by atoms with E-state index in [-0.39, 0.29) is 43.2 Å². The van der Waals surface area contributed by atoms with Crippen LogP contribution in [0.4, 0.5) is 13.2 Å². The van der Waals surface area contributed by atoms with Gasteiger partial charge < -0.3 is 5.73 Å². The standard InChI is InChI=1S/C10H22F3N3S3/c11-8(5-17,1-2-9(12,15)6-18)4-16-10(13,3-14)7-19/h16-19H,1-7,14-15H2/t8-,9+,10+/m1/s1. The first kappa shape index (κ1) is 19.7. The van der Waals surface area contributed by atoms with Gasteiger partial charge in [0, 0.05) is 30.3 Å². The fourth-order valence-corrected chi connectivity index (χ4v) is 1.91. The molecule has 0 aromatic heterocycles. The molecule has 19 heavy (non-hydrogen) atoms. The summed E-state index contributed by atoms with van der Waals surface area (Å²) in [5, 5.41) is 2.37. The lowest BCUT2D eigenvalue weighted by molar-refractivity contribution is 0.0834. The molecule has 5 N–H and O–H groups in total. The predicted molar refractivity (Wildman–Crippen MR) is 83.6 cm³/mol. The Morgan fingerprint density at radius 2 is 1.53 bits per heavy atom. The van der Waals surface area contributed by atoms with Crippen molar-refractivity contribution in [1.29, 1.82) is 0 Å². The molecule has 116 valence electrons. The van der Waals surface area contributed by atoms with Crippen molar-refractivity contribution in [2.75, 3.05) is 30.3 Å². The zero-order valence-corrected chi connectivity index (χ0v) is 13.3. The monoisotopic (exact) mass is 337 g/mol. The SMILES string of the molecule is NC[C@@](F)(CS)NC[C@@](F)(CS)CC[C@@](N)(F)CS. The normalized spacial score (nSPS) is 21.5. The summed E-state index contributed by atoms with van der Waals surface area (Å²) in [5.74, 6) is -4.59. The van der Waals surface area contributed by atoms with E-state index in [2.05, 4.69) is 43.2 Å². The highest BCUT2D eigenvalue weighted by molar-refractivity contribution is 7.80. The van der Waals surface area contributed by atoms with Crippen LogP contribution in [-0.2, 0) is 0 Å². The van der Waals surface area contributed by atoms with Crippen molar-refractivity contribution < 1.29 is 13.2 Å². The second-order valence-corrected chi connectivity index (χ2v) is 5.63. The van der Waals surface area contributed by atoms with Crippen LogP contribution in [0.25, 0.3) is 0 Å². The summed E-state index contributed by atoms with van der Waals surface area (Å²) in [5.41, 5.74) is 8.61. The average molecular weight is 338 g/mol. The van der Waals surface area contributed by atoms with Crippen LogP contribution in [0.5, 0.6) is 0 Å². The van der Waals surface area contributed by atoms with Gasteiger partial charge in [-0.15, -0.1) is 0 Å². The topological polar surface area (TPSA) is 64.1 Å². The van der Waals surface area contributed by atoms with Gasteiger partial charge in [-0.05, 0) is 12.8 Å². The molecule has 0 spiro atoms. The van der Waals surface area contributed by atoms with E-state index in [1.165, 1.54) is 0 Å². The Morgan fingerprint density at radius 1 is 0.947 bits per heavy atom. The van der Waals surface area contributed by atoms with Gasteiger partial charge in [-0.3, -0.25) is 11.1 Å². The molecule has 0 radical (unpaired) electrons. The average Bonchev–Trinajstić information content (AvgIpc) is 2.42. The first-order valence-corrected chi connectivity index (χ1v) is 7.69. The predicted octanol–water partition coefficient (Wildman–Crippen LogP) is 1.10. The first-order chi connectivity index (χ1) is 8.66. The molecule has 0 heterocycles. The molecule has 3 nitrogen and oxygen atoms in total. The molecule has 0 fully saturated rings.